The maximum absolute atomic E-state index is 5.46. The Bertz CT molecular complexity index is 775. The molecule has 29 heavy (non-hydrogen) atoms. The van der Waals surface area contributed by atoms with Crippen molar-refractivity contribution in [2.75, 3.05) is 33.4 Å². The minimum absolute atomic E-state index is 0. The second-order valence-electron chi connectivity index (χ2n) is 7.06. The summed E-state index contributed by atoms with van der Waals surface area (Å²) < 4.78 is 5.46. The Morgan fingerprint density at radius 3 is 1.97 bits per heavy atom. The summed E-state index contributed by atoms with van der Waals surface area (Å²) in [6, 6.07) is 17.2. The molecule has 3 rings (SSSR count). The lowest BCUT2D eigenvalue weighted by Crippen LogP contribution is -2.37. The first-order valence-corrected chi connectivity index (χ1v) is 10.2. The fourth-order valence-electron chi connectivity index (χ4n) is 3.54. The zero-order chi connectivity index (χ0) is 19.6. The first-order valence-electron chi connectivity index (χ1n) is 10.2. The van der Waals surface area contributed by atoms with Crippen molar-refractivity contribution in [3.05, 3.63) is 70.8 Å². The molecule has 2 N–H and O–H groups in total. The molecule has 6 heteroatoms. The molecule has 1 heterocycles. The van der Waals surface area contributed by atoms with Gasteiger partial charge in [-0.05, 0) is 28.7 Å². The maximum Gasteiger partial charge on any atom is 0.191 e. The molecule has 0 amide bonds. The second-order valence-corrected chi connectivity index (χ2v) is 7.06. The number of guanidine groups is 1. The van der Waals surface area contributed by atoms with Gasteiger partial charge < -0.3 is 15.4 Å². The average molecular weight is 508 g/mol. The summed E-state index contributed by atoms with van der Waals surface area (Å²) in [5, 5.41) is 6.91. The zero-order valence-corrected chi connectivity index (χ0v) is 19.8. The molecule has 1 saturated heterocycles. The van der Waals surface area contributed by atoms with Crippen molar-refractivity contribution in [3.63, 3.8) is 0 Å². The second kappa shape index (κ2) is 12.8. The largest absolute Gasteiger partial charge is 0.379 e. The van der Waals surface area contributed by atoms with Crippen molar-refractivity contribution < 1.29 is 4.74 Å². The smallest absolute Gasteiger partial charge is 0.191 e. The van der Waals surface area contributed by atoms with Crippen LogP contribution in [0.2, 0.25) is 0 Å². The summed E-state index contributed by atoms with van der Waals surface area (Å²) in [5.74, 6) is 0.826. The van der Waals surface area contributed by atoms with E-state index in [-0.39, 0.29) is 24.0 Å². The van der Waals surface area contributed by atoms with E-state index in [1.54, 1.807) is 0 Å². The van der Waals surface area contributed by atoms with Crippen LogP contribution in [-0.4, -0.2) is 44.2 Å². The summed E-state index contributed by atoms with van der Waals surface area (Å²) in [4.78, 5) is 6.84. The molecule has 0 atom stereocenters. The van der Waals surface area contributed by atoms with Gasteiger partial charge in [0.2, 0.25) is 0 Å². The predicted molar refractivity (Wildman–Crippen MR) is 131 cm³/mol. The number of hydrogen-bond acceptors (Lipinski definition) is 3. The number of aryl methyl sites for hydroxylation is 1. The fourth-order valence-corrected chi connectivity index (χ4v) is 3.54. The molecule has 0 saturated carbocycles. The number of benzene rings is 2. The van der Waals surface area contributed by atoms with E-state index in [0.717, 1.165) is 58.3 Å². The molecular formula is C23H33IN4O. The third-order valence-corrected chi connectivity index (χ3v) is 5.23. The number of hydrogen-bond donors (Lipinski definition) is 2. The topological polar surface area (TPSA) is 48.9 Å². The minimum atomic E-state index is 0. The van der Waals surface area contributed by atoms with Crippen molar-refractivity contribution in [1.29, 1.82) is 0 Å². The van der Waals surface area contributed by atoms with Gasteiger partial charge in [0.05, 0.1) is 13.2 Å². The number of halogens is 1. The Morgan fingerprint density at radius 1 is 0.897 bits per heavy atom. The molecule has 0 unspecified atom stereocenters. The third-order valence-electron chi connectivity index (χ3n) is 5.23. The number of nitrogens with zero attached hydrogens (tertiary/aromatic N) is 2. The Hall–Kier alpha value is -1.64. The van der Waals surface area contributed by atoms with Crippen LogP contribution in [0.5, 0.6) is 0 Å². The highest BCUT2D eigenvalue weighted by Crippen LogP contribution is 2.13. The van der Waals surface area contributed by atoms with Crippen LogP contribution < -0.4 is 10.6 Å². The van der Waals surface area contributed by atoms with E-state index < -0.39 is 0 Å². The van der Waals surface area contributed by atoms with Crippen LogP contribution in [0.1, 0.15) is 29.2 Å². The lowest BCUT2D eigenvalue weighted by molar-refractivity contribution is 0.0341. The van der Waals surface area contributed by atoms with Crippen molar-refractivity contribution >= 4 is 29.9 Å². The molecule has 0 radical (unpaired) electrons. The maximum atomic E-state index is 5.46. The summed E-state index contributed by atoms with van der Waals surface area (Å²) in [6.45, 7) is 8.36. The molecule has 5 nitrogen and oxygen atoms in total. The summed E-state index contributed by atoms with van der Waals surface area (Å²) in [5.41, 5.74) is 5.37. The monoisotopic (exact) mass is 508 g/mol. The average Bonchev–Trinajstić information content (AvgIpc) is 2.76. The van der Waals surface area contributed by atoms with Crippen LogP contribution in [0.3, 0.4) is 0 Å². The van der Waals surface area contributed by atoms with E-state index in [4.69, 9.17) is 4.74 Å². The summed E-state index contributed by atoms with van der Waals surface area (Å²) in [7, 11) is 1.82. The van der Waals surface area contributed by atoms with E-state index in [2.05, 4.69) is 76.0 Å². The van der Waals surface area contributed by atoms with E-state index in [9.17, 15) is 0 Å². The van der Waals surface area contributed by atoms with E-state index in [0.29, 0.717) is 0 Å². The number of morpholine rings is 1. The van der Waals surface area contributed by atoms with Gasteiger partial charge in [-0.3, -0.25) is 9.89 Å². The molecule has 0 aromatic heterocycles. The summed E-state index contributed by atoms with van der Waals surface area (Å²) in [6.07, 6.45) is 1.04. The van der Waals surface area contributed by atoms with Gasteiger partial charge in [0.25, 0.3) is 0 Å². The first-order chi connectivity index (χ1) is 13.8. The standard InChI is InChI=1S/C23H32N4O.HI/c1-3-19-8-4-5-9-20(19)16-25-23(24-2)26-17-21-10-6-7-11-22(21)18-27-12-14-28-15-13-27;/h4-11H,3,12-18H2,1-2H3,(H2,24,25,26);1H. The van der Waals surface area contributed by atoms with Gasteiger partial charge in [-0.1, -0.05) is 55.5 Å². The van der Waals surface area contributed by atoms with Gasteiger partial charge in [-0.15, -0.1) is 24.0 Å². The predicted octanol–water partition coefficient (Wildman–Crippen LogP) is 3.56. The number of ether oxygens (including phenoxy) is 1. The molecule has 0 spiro atoms. The van der Waals surface area contributed by atoms with Gasteiger partial charge in [0.1, 0.15) is 0 Å². The Labute approximate surface area is 192 Å². The quantitative estimate of drug-likeness (QED) is 0.341. The third kappa shape index (κ3) is 7.28. The van der Waals surface area contributed by atoms with Crippen LogP contribution in [0.25, 0.3) is 0 Å². The number of aliphatic imine (C=N–C) groups is 1. The van der Waals surface area contributed by atoms with Crippen molar-refractivity contribution in [2.24, 2.45) is 4.99 Å². The molecule has 1 fully saturated rings. The molecular weight excluding hydrogens is 475 g/mol. The summed E-state index contributed by atoms with van der Waals surface area (Å²) >= 11 is 0. The lowest BCUT2D eigenvalue weighted by atomic mass is 10.1. The molecule has 158 valence electrons. The fraction of sp³-hybridized carbons (Fsp3) is 0.435. The first kappa shape index (κ1) is 23.6. The van der Waals surface area contributed by atoms with Gasteiger partial charge in [-0.25, -0.2) is 0 Å². The van der Waals surface area contributed by atoms with Crippen LogP contribution in [0.4, 0.5) is 0 Å². The van der Waals surface area contributed by atoms with Gasteiger partial charge in [-0.2, -0.15) is 0 Å². The number of rotatable bonds is 7. The van der Waals surface area contributed by atoms with Crippen molar-refractivity contribution in [3.8, 4) is 0 Å². The number of nitrogens with one attached hydrogen (secondary N) is 2. The molecule has 0 bridgehead atoms. The molecule has 1 aliphatic rings. The molecule has 2 aromatic carbocycles. The van der Waals surface area contributed by atoms with Crippen molar-refractivity contribution in [1.82, 2.24) is 15.5 Å². The Kier molecular flexibility index (Phi) is 10.5. The molecule has 0 aliphatic carbocycles. The van der Waals surface area contributed by atoms with Crippen LogP contribution in [0.15, 0.2) is 53.5 Å². The SMILES string of the molecule is CCc1ccccc1CNC(=NC)NCc1ccccc1CN1CCOCC1.I. The van der Waals surface area contributed by atoms with E-state index >= 15 is 0 Å². The van der Waals surface area contributed by atoms with Crippen molar-refractivity contribution in [2.45, 2.75) is 33.0 Å². The minimum Gasteiger partial charge on any atom is -0.379 e. The Morgan fingerprint density at radius 2 is 1.41 bits per heavy atom. The Balaban J connectivity index is 0.00000300. The lowest BCUT2D eigenvalue weighted by Gasteiger charge is -2.27. The normalized spacial score (nSPS) is 14.9. The van der Waals surface area contributed by atoms with Crippen LogP contribution >= 0.6 is 24.0 Å². The van der Waals surface area contributed by atoms with E-state index in [1.165, 1.54) is 22.3 Å². The molecule has 2 aromatic rings. The van der Waals surface area contributed by atoms with Gasteiger partial charge in [0.15, 0.2) is 5.96 Å². The van der Waals surface area contributed by atoms with Gasteiger partial charge >= 0.3 is 0 Å². The van der Waals surface area contributed by atoms with Gasteiger partial charge in [0, 0.05) is 39.8 Å². The van der Waals surface area contributed by atoms with Crippen LogP contribution in [0, 0.1) is 0 Å². The highest BCUT2D eigenvalue weighted by Gasteiger charge is 2.12. The van der Waals surface area contributed by atoms with Crippen LogP contribution in [-0.2, 0) is 30.8 Å². The highest BCUT2D eigenvalue weighted by molar-refractivity contribution is 14.0. The molecule has 1 aliphatic heterocycles. The zero-order valence-electron chi connectivity index (χ0n) is 17.5. The van der Waals surface area contributed by atoms with E-state index in [1.807, 2.05) is 7.05 Å². The highest BCUT2D eigenvalue weighted by atomic mass is 127.